The number of nitrogens with two attached hydrogens (primary N) is 1. The van der Waals surface area contributed by atoms with Gasteiger partial charge >= 0.3 is 0 Å². The molecule has 1 aromatic heterocycles. The fraction of sp³-hybridized carbons (Fsp3) is 0.571. The number of rotatable bonds is 3. The lowest BCUT2D eigenvalue weighted by molar-refractivity contribution is 0.326. The van der Waals surface area contributed by atoms with E-state index in [0.717, 1.165) is 11.4 Å². The lowest BCUT2D eigenvalue weighted by Crippen LogP contribution is -2.10. The summed E-state index contributed by atoms with van der Waals surface area (Å²) in [6.07, 6.45) is 1.84. The molecule has 0 aliphatic carbocycles. The van der Waals surface area contributed by atoms with E-state index in [1.165, 1.54) is 0 Å². The molecule has 62 valence electrons. The summed E-state index contributed by atoms with van der Waals surface area (Å²) in [5, 5.41) is 4.11. The van der Waals surface area contributed by atoms with E-state index in [4.69, 9.17) is 10.5 Å². The Labute approximate surface area is 66.0 Å². The third-order valence-electron chi connectivity index (χ3n) is 1.34. The molecule has 1 rings (SSSR count). The molecule has 0 bridgehead atoms. The van der Waals surface area contributed by atoms with Crippen molar-refractivity contribution < 1.29 is 4.74 Å². The van der Waals surface area contributed by atoms with Crippen molar-refractivity contribution in [3.63, 3.8) is 0 Å². The van der Waals surface area contributed by atoms with Crippen molar-refractivity contribution in [3.05, 3.63) is 11.9 Å². The first-order valence-electron chi connectivity index (χ1n) is 3.57. The van der Waals surface area contributed by atoms with Crippen molar-refractivity contribution in [1.29, 1.82) is 0 Å². The first kappa shape index (κ1) is 8.07. The third kappa shape index (κ3) is 1.94. The lowest BCUT2D eigenvalue weighted by Gasteiger charge is -1.99. The van der Waals surface area contributed by atoms with Gasteiger partial charge in [0.1, 0.15) is 12.3 Å². The molecule has 1 heterocycles. The Kier molecular flexibility index (Phi) is 2.48. The standard InChI is InChI=1S/C7H13N3O/c1-6-7(11-4-3-8)5-10(2)9-6/h5H,3-4,8H2,1-2H3. The van der Waals surface area contributed by atoms with Crippen LogP contribution in [0.4, 0.5) is 0 Å². The molecule has 0 atom stereocenters. The molecule has 0 aliphatic rings. The molecule has 2 N–H and O–H groups in total. The molecule has 0 amide bonds. The minimum Gasteiger partial charge on any atom is -0.489 e. The zero-order valence-corrected chi connectivity index (χ0v) is 6.87. The van der Waals surface area contributed by atoms with Crippen LogP contribution >= 0.6 is 0 Å². The lowest BCUT2D eigenvalue weighted by atomic mass is 10.4. The molecule has 0 aliphatic heterocycles. The first-order chi connectivity index (χ1) is 5.24. The maximum atomic E-state index is 5.30. The van der Waals surface area contributed by atoms with Gasteiger partial charge in [0.2, 0.25) is 0 Å². The Balaban J connectivity index is 2.62. The van der Waals surface area contributed by atoms with Gasteiger partial charge in [-0.25, -0.2) is 0 Å². The van der Waals surface area contributed by atoms with Gasteiger partial charge in [-0.3, -0.25) is 4.68 Å². The van der Waals surface area contributed by atoms with Crippen molar-refractivity contribution in [2.45, 2.75) is 6.92 Å². The summed E-state index contributed by atoms with van der Waals surface area (Å²) in [6.45, 7) is 2.99. The summed E-state index contributed by atoms with van der Waals surface area (Å²) in [4.78, 5) is 0. The van der Waals surface area contributed by atoms with Crippen LogP contribution in [0, 0.1) is 6.92 Å². The molecular formula is C7H13N3O. The highest BCUT2D eigenvalue weighted by molar-refractivity contribution is 5.22. The summed E-state index contributed by atoms with van der Waals surface area (Å²) in [7, 11) is 1.86. The minimum absolute atomic E-state index is 0.536. The smallest absolute Gasteiger partial charge is 0.160 e. The second-order valence-electron chi connectivity index (χ2n) is 2.39. The highest BCUT2D eigenvalue weighted by Crippen LogP contribution is 2.13. The second-order valence-corrected chi connectivity index (χ2v) is 2.39. The second kappa shape index (κ2) is 3.39. The molecular weight excluding hydrogens is 142 g/mol. The maximum Gasteiger partial charge on any atom is 0.160 e. The van der Waals surface area contributed by atoms with Gasteiger partial charge in [0.05, 0.1) is 6.20 Å². The van der Waals surface area contributed by atoms with Crippen LogP contribution in [0.25, 0.3) is 0 Å². The van der Waals surface area contributed by atoms with Crippen molar-refractivity contribution >= 4 is 0 Å². The van der Waals surface area contributed by atoms with Gasteiger partial charge in [-0.05, 0) is 6.92 Å². The van der Waals surface area contributed by atoms with Crippen molar-refractivity contribution in [2.75, 3.05) is 13.2 Å². The summed E-state index contributed by atoms with van der Waals surface area (Å²) in [5.41, 5.74) is 6.18. The number of hydrogen-bond acceptors (Lipinski definition) is 3. The van der Waals surface area contributed by atoms with Crippen molar-refractivity contribution in [2.24, 2.45) is 12.8 Å². The van der Waals surface area contributed by atoms with Crippen molar-refractivity contribution in [3.8, 4) is 5.75 Å². The van der Waals surface area contributed by atoms with E-state index >= 15 is 0 Å². The van der Waals surface area contributed by atoms with Crippen LogP contribution in [0.3, 0.4) is 0 Å². The number of aryl methyl sites for hydroxylation is 2. The molecule has 0 radical (unpaired) electrons. The van der Waals surface area contributed by atoms with Gasteiger partial charge in [0.25, 0.3) is 0 Å². The van der Waals surface area contributed by atoms with Crippen LogP contribution in [-0.2, 0) is 7.05 Å². The Hall–Kier alpha value is -1.03. The zero-order valence-electron chi connectivity index (χ0n) is 6.87. The highest BCUT2D eigenvalue weighted by Gasteiger charge is 2.01. The number of aromatic nitrogens is 2. The molecule has 0 spiro atoms. The molecule has 0 saturated heterocycles. The Morgan fingerprint density at radius 1 is 1.73 bits per heavy atom. The minimum atomic E-state index is 0.536. The van der Waals surface area contributed by atoms with Gasteiger partial charge < -0.3 is 10.5 Å². The Morgan fingerprint density at radius 3 is 2.91 bits per heavy atom. The summed E-state index contributed by atoms with van der Waals surface area (Å²) >= 11 is 0. The molecule has 1 aromatic rings. The van der Waals surface area contributed by atoms with E-state index in [1.54, 1.807) is 4.68 Å². The van der Waals surface area contributed by atoms with Crippen LogP contribution in [0.5, 0.6) is 5.75 Å². The fourth-order valence-corrected chi connectivity index (χ4v) is 0.888. The van der Waals surface area contributed by atoms with E-state index in [9.17, 15) is 0 Å². The third-order valence-corrected chi connectivity index (χ3v) is 1.34. The van der Waals surface area contributed by atoms with E-state index in [2.05, 4.69) is 5.10 Å². The number of ether oxygens (including phenoxy) is 1. The molecule has 0 aromatic carbocycles. The zero-order chi connectivity index (χ0) is 8.27. The van der Waals surface area contributed by atoms with E-state index < -0.39 is 0 Å². The average molecular weight is 155 g/mol. The predicted octanol–water partition coefficient (Wildman–Crippen LogP) is 0.0660. The summed E-state index contributed by atoms with van der Waals surface area (Å²) in [6, 6.07) is 0. The van der Waals surface area contributed by atoms with E-state index in [-0.39, 0.29) is 0 Å². The SMILES string of the molecule is Cc1nn(C)cc1OCCN. The molecule has 11 heavy (non-hydrogen) atoms. The molecule has 0 fully saturated rings. The van der Waals surface area contributed by atoms with Crippen LogP contribution < -0.4 is 10.5 Å². The van der Waals surface area contributed by atoms with Crippen LogP contribution in [0.1, 0.15) is 5.69 Å². The fourth-order valence-electron chi connectivity index (χ4n) is 0.888. The first-order valence-corrected chi connectivity index (χ1v) is 3.57. The van der Waals surface area contributed by atoms with Gasteiger partial charge in [0, 0.05) is 13.6 Å². The number of hydrogen-bond donors (Lipinski definition) is 1. The van der Waals surface area contributed by atoms with E-state index in [0.29, 0.717) is 13.2 Å². The Morgan fingerprint density at radius 2 is 2.45 bits per heavy atom. The maximum absolute atomic E-state index is 5.30. The van der Waals surface area contributed by atoms with E-state index in [1.807, 2.05) is 20.2 Å². The van der Waals surface area contributed by atoms with Gasteiger partial charge in [-0.15, -0.1) is 0 Å². The quantitative estimate of drug-likeness (QED) is 0.671. The summed E-state index contributed by atoms with van der Waals surface area (Å²) in [5.74, 6) is 0.818. The highest BCUT2D eigenvalue weighted by atomic mass is 16.5. The van der Waals surface area contributed by atoms with Crippen molar-refractivity contribution in [1.82, 2.24) is 9.78 Å². The topological polar surface area (TPSA) is 53.1 Å². The van der Waals surface area contributed by atoms with Crippen LogP contribution in [-0.4, -0.2) is 22.9 Å². The normalized spacial score (nSPS) is 10.1. The number of nitrogens with zero attached hydrogens (tertiary/aromatic N) is 2. The molecule has 0 saturated carbocycles. The predicted molar refractivity (Wildman–Crippen MR) is 42.5 cm³/mol. The van der Waals surface area contributed by atoms with Gasteiger partial charge in [0.15, 0.2) is 5.75 Å². The van der Waals surface area contributed by atoms with Crippen LogP contribution in [0.2, 0.25) is 0 Å². The molecule has 4 nitrogen and oxygen atoms in total. The molecule has 4 heteroatoms. The Bertz CT molecular complexity index is 232. The van der Waals surface area contributed by atoms with Gasteiger partial charge in [-0.1, -0.05) is 0 Å². The summed E-state index contributed by atoms with van der Waals surface area (Å²) < 4.78 is 7.02. The average Bonchev–Trinajstić information content (AvgIpc) is 2.26. The van der Waals surface area contributed by atoms with Crippen LogP contribution in [0.15, 0.2) is 6.20 Å². The van der Waals surface area contributed by atoms with Gasteiger partial charge in [-0.2, -0.15) is 5.10 Å². The largest absolute Gasteiger partial charge is 0.489 e. The molecule has 0 unspecified atom stereocenters. The monoisotopic (exact) mass is 155 g/mol.